The minimum Gasteiger partial charge on any atom is -0.504 e. The van der Waals surface area contributed by atoms with Crippen LogP contribution in [0.5, 0.6) is 11.5 Å². The number of aromatic nitrogens is 1. The zero-order chi connectivity index (χ0) is 13.0. The van der Waals surface area contributed by atoms with Crippen molar-refractivity contribution in [2.24, 2.45) is 4.99 Å². The first-order valence-corrected chi connectivity index (χ1v) is 5.33. The van der Waals surface area contributed by atoms with Gasteiger partial charge in [0.15, 0.2) is 17.3 Å². The summed E-state index contributed by atoms with van der Waals surface area (Å²) < 4.78 is 5.01. The van der Waals surface area contributed by atoms with Crippen LogP contribution in [-0.2, 0) is 0 Å². The summed E-state index contributed by atoms with van der Waals surface area (Å²) in [4.78, 5) is 8.17. The second-order valence-corrected chi connectivity index (χ2v) is 3.58. The van der Waals surface area contributed by atoms with Gasteiger partial charge in [0.1, 0.15) is 5.82 Å². The number of hydrogen-bond donors (Lipinski definition) is 2. The maximum Gasteiger partial charge on any atom is 0.166 e. The summed E-state index contributed by atoms with van der Waals surface area (Å²) in [5.41, 5.74) is 6.10. The summed E-state index contributed by atoms with van der Waals surface area (Å²) in [7, 11) is 1.50. The first-order valence-electron chi connectivity index (χ1n) is 5.33. The largest absolute Gasteiger partial charge is 0.504 e. The fourth-order valence-electron chi connectivity index (χ4n) is 1.46. The molecule has 0 aliphatic rings. The van der Waals surface area contributed by atoms with E-state index in [-0.39, 0.29) is 5.75 Å². The van der Waals surface area contributed by atoms with E-state index >= 15 is 0 Å². The SMILES string of the molecule is COc1cccc(/C=N/c2cccc(N)n2)c1O. The molecule has 0 aliphatic carbocycles. The van der Waals surface area contributed by atoms with Crippen LogP contribution in [-0.4, -0.2) is 23.4 Å². The Morgan fingerprint density at radius 3 is 2.78 bits per heavy atom. The monoisotopic (exact) mass is 243 g/mol. The molecule has 5 heteroatoms. The van der Waals surface area contributed by atoms with Crippen molar-refractivity contribution in [2.75, 3.05) is 12.8 Å². The number of aliphatic imine (C=N–C) groups is 1. The Balaban J connectivity index is 2.29. The van der Waals surface area contributed by atoms with E-state index in [4.69, 9.17) is 10.5 Å². The molecule has 0 saturated carbocycles. The predicted molar refractivity (Wildman–Crippen MR) is 70.6 cm³/mol. The van der Waals surface area contributed by atoms with Gasteiger partial charge in [-0.1, -0.05) is 12.1 Å². The molecule has 2 aromatic rings. The van der Waals surface area contributed by atoms with Gasteiger partial charge in [0.25, 0.3) is 0 Å². The lowest BCUT2D eigenvalue weighted by molar-refractivity contribution is 0.373. The molecule has 92 valence electrons. The van der Waals surface area contributed by atoms with Gasteiger partial charge in [0.2, 0.25) is 0 Å². The van der Waals surface area contributed by atoms with Gasteiger partial charge < -0.3 is 15.6 Å². The molecule has 18 heavy (non-hydrogen) atoms. The minimum absolute atomic E-state index is 0.0488. The topological polar surface area (TPSA) is 80.7 Å². The van der Waals surface area contributed by atoms with Gasteiger partial charge in [0.05, 0.1) is 7.11 Å². The van der Waals surface area contributed by atoms with Gasteiger partial charge in [-0.25, -0.2) is 9.98 Å². The first-order chi connectivity index (χ1) is 8.70. The van der Waals surface area contributed by atoms with E-state index in [1.807, 2.05) is 0 Å². The number of ether oxygens (including phenoxy) is 1. The fraction of sp³-hybridized carbons (Fsp3) is 0.0769. The first kappa shape index (κ1) is 11.9. The van der Waals surface area contributed by atoms with E-state index in [1.54, 1.807) is 36.4 Å². The highest BCUT2D eigenvalue weighted by atomic mass is 16.5. The summed E-state index contributed by atoms with van der Waals surface area (Å²) in [5.74, 6) is 1.34. The van der Waals surface area contributed by atoms with Crippen LogP contribution >= 0.6 is 0 Å². The normalized spacial score (nSPS) is 10.7. The molecule has 0 fully saturated rings. The maximum absolute atomic E-state index is 9.86. The van der Waals surface area contributed by atoms with Gasteiger partial charge in [-0.15, -0.1) is 0 Å². The molecular weight excluding hydrogens is 230 g/mol. The van der Waals surface area contributed by atoms with Crippen LogP contribution in [0.3, 0.4) is 0 Å². The van der Waals surface area contributed by atoms with Gasteiger partial charge in [-0.3, -0.25) is 0 Å². The van der Waals surface area contributed by atoms with Crippen molar-refractivity contribution in [3.8, 4) is 11.5 Å². The Kier molecular flexibility index (Phi) is 3.43. The summed E-state index contributed by atoms with van der Waals surface area (Å²) in [5, 5.41) is 9.86. The number of aromatic hydroxyl groups is 1. The molecule has 0 saturated heterocycles. The zero-order valence-corrected chi connectivity index (χ0v) is 9.87. The molecule has 3 N–H and O–H groups in total. The Hall–Kier alpha value is -2.56. The third-order valence-corrected chi connectivity index (χ3v) is 2.34. The van der Waals surface area contributed by atoms with Crippen molar-refractivity contribution in [3.63, 3.8) is 0 Å². The third kappa shape index (κ3) is 2.57. The number of hydrogen-bond acceptors (Lipinski definition) is 5. The van der Waals surface area contributed by atoms with Gasteiger partial charge in [-0.05, 0) is 24.3 Å². The predicted octanol–water partition coefficient (Wildman–Crippen LogP) is 2.13. The lowest BCUT2D eigenvalue weighted by Crippen LogP contribution is -1.90. The molecule has 0 spiro atoms. The molecule has 0 unspecified atom stereocenters. The number of anilines is 1. The van der Waals surface area contributed by atoms with Crippen molar-refractivity contribution >= 4 is 17.9 Å². The van der Waals surface area contributed by atoms with Crippen molar-refractivity contribution in [1.29, 1.82) is 0 Å². The number of para-hydroxylation sites is 1. The van der Waals surface area contributed by atoms with Crippen LogP contribution in [0.4, 0.5) is 11.6 Å². The van der Waals surface area contributed by atoms with E-state index in [1.165, 1.54) is 13.3 Å². The number of phenols is 1. The van der Waals surface area contributed by atoms with Crippen LogP contribution in [0.25, 0.3) is 0 Å². The molecule has 2 rings (SSSR count). The molecular formula is C13H13N3O2. The summed E-state index contributed by atoms with van der Waals surface area (Å²) in [6.07, 6.45) is 1.51. The van der Waals surface area contributed by atoms with Crippen molar-refractivity contribution in [3.05, 3.63) is 42.0 Å². The number of nitrogens with zero attached hydrogens (tertiary/aromatic N) is 2. The third-order valence-electron chi connectivity index (χ3n) is 2.34. The van der Waals surface area contributed by atoms with Crippen LogP contribution in [0.15, 0.2) is 41.4 Å². The number of nitrogen functional groups attached to an aromatic ring is 1. The van der Waals surface area contributed by atoms with E-state index in [9.17, 15) is 5.11 Å². The Labute approximate surface area is 105 Å². The Bertz CT molecular complexity index is 582. The molecule has 1 aromatic carbocycles. The van der Waals surface area contributed by atoms with Gasteiger partial charge >= 0.3 is 0 Å². The number of pyridine rings is 1. The summed E-state index contributed by atoms with van der Waals surface area (Å²) >= 11 is 0. The van der Waals surface area contributed by atoms with Crippen LogP contribution < -0.4 is 10.5 Å². The highest BCUT2D eigenvalue weighted by molar-refractivity contribution is 5.86. The highest BCUT2D eigenvalue weighted by Gasteiger charge is 2.04. The number of methoxy groups -OCH3 is 1. The lowest BCUT2D eigenvalue weighted by atomic mass is 10.2. The smallest absolute Gasteiger partial charge is 0.166 e. The number of nitrogens with two attached hydrogens (primary N) is 1. The average molecular weight is 243 g/mol. The number of rotatable bonds is 3. The van der Waals surface area contributed by atoms with E-state index < -0.39 is 0 Å². The molecule has 0 bridgehead atoms. The second-order valence-electron chi connectivity index (χ2n) is 3.58. The number of phenolic OH excluding ortho intramolecular Hbond substituents is 1. The van der Waals surface area contributed by atoms with Gasteiger partial charge in [-0.2, -0.15) is 0 Å². The molecule has 0 aliphatic heterocycles. The van der Waals surface area contributed by atoms with Crippen LogP contribution in [0.1, 0.15) is 5.56 Å². The quantitative estimate of drug-likeness (QED) is 0.809. The minimum atomic E-state index is 0.0488. The lowest BCUT2D eigenvalue weighted by Gasteiger charge is -2.04. The van der Waals surface area contributed by atoms with E-state index in [2.05, 4.69) is 9.98 Å². The van der Waals surface area contributed by atoms with E-state index in [0.29, 0.717) is 22.9 Å². The zero-order valence-electron chi connectivity index (χ0n) is 9.87. The fourth-order valence-corrected chi connectivity index (χ4v) is 1.46. The summed E-state index contributed by atoms with van der Waals surface area (Å²) in [6.45, 7) is 0. The molecule has 0 radical (unpaired) electrons. The number of benzene rings is 1. The van der Waals surface area contributed by atoms with Gasteiger partial charge in [0, 0.05) is 11.8 Å². The van der Waals surface area contributed by atoms with Crippen molar-refractivity contribution in [1.82, 2.24) is 4.98 Å². The van der Waals surface area contributed by atoms with Crippen LogP contribution in [0, 0.1) is 0 Å². The molecule has 1 heterocycles. The highest BCUT2D eigenvalue weighted by Crippen LogP contribution is 2.28. The van der Waals surface area contributed by atoms with Crippen molar-refractivity contribution < 1.29 is 9.84 Å². The van der Waals surface area contributed by atoms with Crippen LogP contribution in [0.2, 0.25) is 0 Å². The van der Waals surface area contributed by atoms with E-state index in [0.717, 1.165) is 0 Å². The molecule has 0 atom stereocenters. The Morgan fingerprint density at radius 2 is 2.06 bits per heavy atom. The Morgan fingerprint density at radius 1 is 1.28 bits per heavy atom. The van der Waals surface area contributed by atoms with Crippen molar-refractivity contribution in [2.45, 2.75) is 0 Å². The summed E-state index contributed by atoms with van der Waals surface area (Å²) in [6, 6.07) is 10.3. The second kappa shape index (κ2) is 5.18. The maximum atomic E-state index is 9.86. The molecule has 5 nitrogen and oxygen atoms in total. The average Bonchev–Trinajstić information content (AvgIpc) is 2.38. The molecule has 0 amide bonds. The molecule has 1 aromatic heterocycles. The standard InChI is InChI=1S/C13H13N3O2/c1-18-10-5-2-4-9(13(10)17)8-15-12-7-3-6-11(14)16-12/h2-8,17H,1H3,(H2,14,16)/b15-8+.